The van der Waals surface area contributed by atoms with Crippen LogP contribution in [0.1, 0.15) is 58.8 Å². The Morgan fingerprint density at radius 2 is 1.95 bits per heavy atom. The summed E-state index contributed by atoms with van der Waals surface area (Å²) in [5.74, 6) is 3.77. The summed E-state index contributed by atoms with van der Waals surface area (Å²) in [6.45, 7) is 6.50. The molecule has 4 atom stereocenters. The third-order valence-corrected chi connectivity index (χ3v) is 6.35. The normalized spacial score (nSPS) is 39.7. The molecule has 114 valence electrons. The highest BCUT2D eigenvalue weighted by Gasteiger charge is 2.41. The van der Waals surface area contributed by atoms with E-state index in [-0.39, 0.29) is 5.41 Å². The highest BCUT2D eigenvalue weighted by molar-refractivity contribution is 5.87. The van der Waals surface area contributed by atoms with E-state index in [1.54, 1.807) is 0 Å². The van der Waals surface area contributed by atoms with E-state index in [0.717, 1.165) is 37.1 Å². The van der Waals surface area contributed by atoms with Crippen LogP contribution in [0.2, 0.25) is 0 Å². The molecule has 3 fully saturated rings. The van der Waals surface area contributed by atoms with E-state index in [2.05, 4.69) is 25.8 Å². The first-order valence-corrected chi connectivity index (χ1v) is 8.68. The number of rotatable bonds is 4. The Labute approximate surface area is 124 Å². The number of hydrogen-bond donors (Lipinski definition) is 0. The van der Waals surface area contributed by atoms with Gasteiger partial charge in [-0.1, -0.05) is 26.7 Å². The van der Waals surface area contributed by atoms with Gasteiger partial charge in [0, 0.05) is 24.4 Å². The van der Waals surface area contributed by atoms with Gasteiger partial charge in [0.25, 0.3) is 0 Å². The Balaban J connectivity index is 1.51. The van der Waals surface area contributed by atoms with Crippen LogP contribution in [0.4, 0.5) is 0 Å². The van der Waals surface area contributed by atoms with Gasteiger partial charge in [0.2, 0.25) is 0 Å². The summed E-state index contributed by atoms with van der Waals surface area (Å²) in [5.41, 5.74) is -0.0732. The monoisotopic (exact) mass is 277 g/mol. The minimum Gasteiger partial charge on any atom is -0.305 e. The summed E-state index contributed by atoms with van der Waals surface area (Å²) in [6.07, 6.45) is 9.33. The Morgan fingerprint density at radius 1 is 1.15 bits per heavy atom. The minimum atomic E-state index is -0.0732. The molecule has 0 radical (unpaired) electrons. The lowest BCUT2D eigenvalue weighted by Gasteiger charge is -2.36. The predicted molar refractivity (Wildman–Crippen MR) is 82.6 cm³/mol. The average molecular weight is 277 g/mol. The number of Topliss-reactive ketones (excluding diaryl/α,β-unsaturated/α-hetero) is 1. The van der Waals surface area contributed by atoms with Gasteiger partial charge < -0.3 is 4.90 Å². The van der Waals surface area contributed by atoms with Gasteiger partial charge in [-0.2, -0.15) is 0 Å². The fraction of sp³-hybridized carbons (Fsp3) is 0.944. The van der Waals surface area contributed by atoms with Gasteiger partial charge in [0.05, 0.1) is 0 Å². The SMILES string of the molecule is CN(CC1CCCC(C)(C)C1=O)CC1CC2CCC1C2. The van der Waals surface area contributed by atoms with Crippen LogP contribution in [0, 0.1) is 29.1 Å². The topological polar surface area (TPSA) is 20.3 Å². The molecular formula is C18H31NO. The highest BCUT2D eigenvalue weighted by Crippen LogP contribution is 2.48. The maximum atomic E-state index is 12.5. The molecule has 20 heavy (non-hydrogen) atoms. The van der Waals surface area contributed by atoms with Crippen molar-refractivity contribution >= 4 is 5.78 Å². The van der Waals surface area contributed by atoms with Crippen molar-refractivity contribution in [2.45, 2.75) is 58.8 Å². The number of fused-ring (bicyclic) bond motifs is 2. The van der Waals surface area contributed by atoms with Gasteiger partial charge in [0.1, 0.15) is 5.78 Å². The molecule has 3 saturated carbocycles. The fourth-order valence-electron chi connectivity index (χ4n) is 5.22. The van der Waals surface area contributed by atoms with E-state index in [1.807, 2.05) is 0 Å². The van der Waals surface area contributed by atoms with Gasteiger partial charge in [-0.3, -0.25) is 4.79 Å². The second-order valence-electron chi connectivity index (χ2n) is 8.49. The van der Waals surface area contributed by atoms with Crippen LogP contribution < -0.4 is 0 Å². The first kappa shape index (κ1) is 14.6. The van der Waals surface area contributed by atoms with Crippen LogP contribution in [0.3, 0.4) is 0 Å². The van der Waals surface area contributed by atoms with Crippen LogP contribution in [0.25, 0.3) is 0 Å². The maximum Gasteiger partial charge on any atom is 0.142 e. The van der Waals surface area contributed by atoms with Crippen molar-refractivity contribution in [3.8, 4) is 0 Å². The molecule has 0 N–H and O–H groups in total. The summed E-state index contributed by atoms with van der Waals surface area (Å²) < 4.78 is 0. The van der Waals surface area contributed by atoms with Crippen molar-refractivity contribution < 1.29 is 4.79 Å². The average Bonchev–Trinajstić information content (AvgIpc) is 2.97. The highest BCUT2D eigenvalue weighted by atomic mass is 16.1. The van der Waals surface area contributed by atoms with Gasteiger partial charge in [-0.25, -0.2) is 0 Å². The maximum absolute atomic E-state index is 12.5. The van der Waals surface area contributed by atoms with Crippen molar-refractivity contribution in [1.29, 1.82) is 0 Å². The van der Waals surface area contributed by atoms with Crippen molar-refractivity contribution in [2.24, 2.45) is 29.1 Å². The van der Waals surface area contributed by atoms with Crippen molar-refractivity contribution in [3.63, 3.8) is 0 Å². The molecule has 0 aromatic rings. The van der Waals surface area contributed by atoms with Crippen molar-refractivity contribution in [2.75, 3.05) is 20.1 Å². The molecule has 0 saturated heterocycles. The zero-order chi connectivity index (χ0) is 14.3. The molecule has 0 aliphatic heterocycles. The molecule has 3 aliphatic carbocycles. The molecule has 3 aliphatic rings. The van der Waals surface area contributed by atoms with Gasteiger partial charge >= 0.3 is 0 Å². The summed E-state index contributed by atoms with van der Waals surface area (Å²) in [4.78, 5) is 15.0. The van der Waals surface area contributed by atoms with E-state index >= 15 is 0 Å². The molecule has 2 bridgehead atoms. The molecule has 2 heteroatoms. The first-order valence-electron chi connectivity index (χ1n) is 8.68. The first-order chi connectivity index (χ1) is 9.45. The standard InChI is InChI=1S/C18H31NO/c1-18(2)8-4-5-15(17(18)20)11-19(3)12-16-10-13-6-7-14(16)9-13/h13-16H,4-12H2,1-3H3. The van der Waals surface area contributed by atoms with Crippen LogP contribution >= 0.6 is 0 Å². The Hall–Kier alpha value is -0.370. The van der Waals surface area contributed by atoms with E-state index in [9.17, 15) is 4.79 Å². The second-order valence-corrected chi connectivity index (χ2v) is 8.49. The number of carbonyl (C=O) groups excluding carboxylic acids is 1. The third kappa shape index (κ3) is 2.81. The molecule has 4 unspecified atom stereocenters. The number of nitrogens with zero attached hydrogens (tertiary/aromatic N) is 1. The number of hydrogen-bond acceptors (Lipinski definition) is 2. The van der Waals surface area contributed by atoms with Gasteiger partial charge in [-0.15, -0.1) is 0 Å². The van der Waals surface area contributed by atoms with Gasteiger partial charge in [-0.05, 0) is 56.9 Å². The van der Waals surface area contributed by atoms with E-state index < -0.39 is 0 Å². The lowest BCUT2D eigenvalue weighted by atomic mass is 9.71. The molecule has 0 amide bonds. The Morgan fingerprint density at radius 3 is 2.60 bits per heavy atom. The minimum absolute atomic E-state index is 0.0732. The van der Waals surface area contributed by atoms with Crippen LogP contribution in [-0.2, 0) is 4.79 Å². The largest absolute Gasteiger partial charge is 0.305 e. The van der Waals surface area contributed by atoms with E-state index in [1.165, 1.54) is 38.6 Å². The Bertz CT molecular complexity index is 376. The van der Waals surface area contributed by atoms with Gasteiger partial charge in [0.15, 0.2) is 0 Å². The third-order valence-electron chi connectivity index (χ3n) is 6.35. The van der Waals surface area contributed by atoms with Crippen molar-refractivity contribution in [1.82, 2.24) is 4.90 Å². The van der Waals surface area contributed by atoms with Crippen molar-refractivity contribution in [3.05, 3.63) is 0 Å². The molecule has 0 heterocycles. The lowest BCUT2D eigenvalue weighted by Crippen LogP contribution is -2.42. The van der Waals surface area contributed by atoms with Crippen LogP contribution in [0.5, 0.6) is 0 Å². The van der Waals surface area contributed by atoms with Crippen LogP contribution in [0.15, 0.2) is 0 Å². The molecule has 0 aromatic carbocycles. The second kappa shape index (κ2) is 5.44. The summed E-state index contributed by atoms with van der Waals surface area (Å²) in [5, 5.41) is 0. The quantitative estimate of drug-likeness (QED) is 0.780. The number of carbonyl (C=O) groups is 1. The van der Waals surface area contributed by atoms with Crippen LogP contribution in [-0.4, -0.2) is 30.8 Å². The molecule has 2 nitrogen and oxygen atoms in total. The molecule has 0 aromatic heterocycles. The summed E-state index contributed by atoms with van der Waals surface area (Å²) in [7, 11) is 2.24. The molecular weight excluding hydrogens is 246 g/mol. The fourth-order valence-corrected chi connectivity index (χ4v) is 5.22. The zero-order valence-corrected chi connectivity index (χ0v) is 13.5. The Kier molecular flexibility index (Phi) is 3.96. The predicted octanol–water partition coefficient (Wildman–Crippen LogP) is 3.75. The van der Waals surface area contributed by atoms with E-state index in [0.29, 0.717) is 11.7 Å². The lowest BCUT2D eigenvalue weighted by molar-refractivity contribution is -0.134. The molecule has 3 rings (SSSR count). The molecule has 0 spiro atoms. The number of ketones is 1. The van der Waals surface area contributed by atoms with E-state index in [4.69, 9.17) is 0 Å². The smallest absolute Gasteiger partial charge is 0.142 e. The zero-order valence-electron chi connectivity index (χ0n) is 13.5. The summed E-state index contributed by atoms with van der Waals surface area (Å²) in [6, 6.07) is 0. The summed E-state index contributed by atoms with van der Waals surface area (Å²) >= 11 is 0.